The fourth-order valence-corrected chi connectivity index (χ4v) is 2.58. The molecular formula is C17H22N4O3. The van der Waals surface area contributed by atoms with Crippen molar-refractivity contribution >= 4 is 11.9 Å². The van der Waals surface area contributed by atoms with Gasteiger partial charge in [-0.1, -0.05) is 31.2 Å². The molecular weight excluding hydrogens is 308 g/mol. The Morgan fingerprint density at radius 2 is 2.00 bits per heavy atom. The molecule has 0 spiro atoms. The van der Waals surface area contributed by atoms with Crippen LogP contribution in [0, 0.1) is 6.92 Å². The van der Waals surface area contributed by atoms with E-state index in [1.807, 2.05) is 45.0 Å². The maximum atomic E-state index is 12.5. The van der Waals surface area contributed by atoms with Crippen molar-refractivity contribution in [1.29, 1.82) is 0 Å². The molecule has 24 heavy (non-hydrogen) atoms. The van der Waals surface area contributed by atoms with Crippen LogP contribution in [-0.2, 0) is 4.79 Å². The van der Waals surface area contributed by atoms with E-state index in [1.165, 1.54) is 4.68 Å². The van der Waals surface area contributed by atoms with E-state index in [9.17, 15) is 9.59 Å². The Bertz CT molecular complexity index is 735. The van der Waals surface area contributed by atoms with E-state index >= 15 is 0 Å². The van der Waals surface area contributed by atoms with Gasteiger partial charge in [-0.2, -0.15) is 0 Å². The largest absolute Gasteiger partial charge is 0.481 e. The maximum Gasteiger partial charge on any atom is 0.305 e. The number of amides is 1. The average molecular weight is 330 g/mol. The van der Waals surface area contributed by atoms with E-state index in [2.05, 4.69) is 15.6 Å². The van der Waals surface area contributed by atoms with Gasteiger partial charge in [-0.3, -0.25) is 9.59 Å². The van der Waals surface area contributed by atoms with E-state index in [1.54, 1.807) is 6.20 Å². The minimum Gasteiger partial charge on any atom is -0.481 e. The lowest BCUT2D eigenvalue weighted by Crippen LogP contribution is -2.49. The van der Waals surface area contributed by atoms with Crippen molar-refractivity contribution in [3.05, 3.63) is 41.7 Å². The molecule has 0 bridgehead atoms. The molecule has 0 aliphatic carbocycles. The summed E-state index contributed by atoms with van der Waals surface area (Å²) in [6, 6.07) is 7.67. The van der Waals surface area contributed by atoms with Crippen LogP contribution in [0.15, 0.2) is 30.5 Å². The Morgan fingerprint density at radius 1 is 1.29 bits per heavy atom. The van der Waals surface area contributed by atoms with E-state index in [4.69, 9.17) is 5.11 Å². The number of rotatable bonds is 7. The van der Waals surface area contributed by atoms with Crippen LogP contribution in [0.2, 0.25) is 0 Å². The molecule has 0 saturated heterocycles. The van der Waals surface area contributed by atoms with Gasteiger partial charge >= 0.3 is 5.97 Å². The number of hydrogen-bond donors (Lipinski definition) is 2. The number of carbonyl (C=O) groups excluding carboxylic acids is 1. The van der Waals surface area contributed by atoms with Crippen LogP contribution in [-0.4, -0.2) is 37.5 Å². The van der Waals surface area contributed by atoms with Crippen LogP contribution in [0.25, 0.3) is 5.69 Å². The number of carbonyl (C=O) groups is 2. The zero-order valence-corrected chi connectivity index (χ0v) is 14.1. The molecule has 7 heteroatoms. The first-order chi connectivity index (χ1) is 11.4. The predicted octanol–water partition coefficient (Wildman–Crippen LogP) is 2.34. The Morgan fingerprint density at radius 3 is 2.58 bits per heavy atom. The molecule has 0 radical (unpaired) electrons. The quantitative estimate of drug-likeness (QED) is 0.812. The fraction of sp³-hybridized carbons (Fsp3) is 0.412. The second-order valence-electron chi connectivity index (χ2n) is 5.90. The highest BCUT2D eigenvalue weighted by molar-refractivity contribution is 5.92. The van der Waals surface area contributed by atoms with Gasteiger partial charge < -0.3 is 10.4 Å². The van der Waals surface area contributed by atoms with E-state index < -0.39 is 17.4 Å². The summed E-state index contributed by atoms with van der Waals surface area (Å²) in [6.45, 7) is 5.68. The van der Waals surface area contributed by atoms with Crippen molar-refractivity contribution in [2.24, 2.45) is 0 Å². The Kier molecular flexibility index (Phi) is 5.33. The molecule has 1 heterocycles. The van der Waals surface area contributed by atoms with Crippen molar-refractivity contribution in [3.63, 3.8) is 0 Å². The summed E-state index contributed by atoms with van der Waals surface area (Å²) >= 11 is 0. The Balaban J connectivity index is 2.20. The van der Waals surface area contributed by atoms with Crippen LogP contribution in [0.4, 0.5) is 0 Å². The molecule has 128 valence electrons. The molecule has 2 rings (SSSR count). The lowest BCUT2D eigenvalue weighted by molar-refractivity contribution is -0.138. The first-order valence-electron chi connectivity index (χ1n) is 7.93. The number of carboxylic acid groups (broad SMARTS) is 1. The highest BCUT2D eigenvalue weighted by Gasteiger charge is 2.32. The summed E-state index contributed by atoms with van der Waals surface area (Å²) < 4.78 is 1.53. The van der Waals surface area contributed by atoms with Crippen LogP contribution >= 0.6 is 0 Å². The number of aliphatic carboxylic acids is 1. The van der Waals surface area contributed by atoms with Gasteiger partial charge in [0.25, 0.3) is 5.91 Å². The highest BCUT2D eigenvalue weighted by atomic mass is 16.4. The number of hydrogen-bond acceptors (Lipinski definition) is 4. The second kappa shape index (κ2) is 7.25. The van der Waals surface area contributed by atoms with Gasteiger partial charge in [-0.25, -0.2) is 4.68 Å². The van der Waals surface area contributed by atoms with Crippen LogP contribution in [0.3, 0.4) is 0 Å². The summed E-state index contributed by atoms with van der Waals surface area (Å²) in [4.78, 5) is 23.5. The summed E-state index contributed by atoms with van der Waals surface area (Å²) in [5.74, 6) is -1.36. The molecule has 7 nitrogen and oxygen atoms in total. The van der Waals surface area contributed by atoms with Gasteiger partial charge in [0.05, 0.1) is 23.8 Å². The fourth-order valence-electron chi connectivity index (χ4n) is 2.58. The smallest absolute Gasteiger partial charge is 0.305 e. The number of nitrogens with one attached hydrogen (secondary N) is 1. The molecule has 0 aliphatic rings. The van der Waals surface area contributed by atoms with E-state index in [-0.39, 0.29) is 12.1 Å². The number of aromatic nitrogens is 3. The predicted molar refractivity (Wildman–Crippen MR) is 89.1 cm³/mol. The van der Waals surface area contributed by atoms with Crippen molar-refractivity contribution in [2.45, 2.75) is 45.6 Å². The lowest BCUT2D eigenvalue weighted by Gasteiger charge is -2.30. The van der Waals surface area contributed by atoms with Gasteiger partial charge in [-0.05, 0) is 37.5 Å². The molecule has 1 amide bonds. The number of benzene rings is 1. The van der Waals surface area contributed by atoms with Gasteiger partial charge in [0.2, 0.25) is 0 Å². The van der Waals surface area contributed by atoms with Crippen molar-refractivity contribution in [1.82, 2.24) is 20.3 Å². The van der Waals surface area contributed by atoms with Crippen LogP contribution < -0.4 is 5.32 Å². The van der Waals surface area contributed by atoms with Gasteiger partial charge in [0.15, 0.2) is 5.69 Å². The van der Waals surface area contributed by atoms with E-state index in [0.717, 1.165) is 11.3 Å². The molecule has 0 atom stereocenters. The first-order valence-corrected chi connectivity index (χ1v) is 7.93. The highest BCUT2D eigenvalue weighted by Crippen LogP contribution is 2.20. The second-order valence-corrected chi connectivity index (χ2v) is 5.90. The van der Waals surface area contributed by atoms with Crippen LogP contribution in [0.1, 0.15) is 49.2 Å². The Hall–Kier alpha value is -2.70. The molecule has 0 unspecified atom stereocenters. The molecule has 0 fully saturated rings. The topological polar surface area (TPSA) is 97.1 Å². The van der Waals surface area contributed by atoms with E-state index in [0.29, 0.717) is 12.8 Å². The summed E-state index contributed by atoms with van der Waals surface area (Å²) in [5.41, 5.74) is 1.26. The maximum absolute atomic E-state index is 12.5. The van der Waals surface area contributed by atoms with Crippen molar-refractivity contribution < 1.29 is 14.7 Å². The summed E-state index contributed by atoms with van der Waals surface area (Å²) in [6.07, 6.45) is 2.46. The zero-order chi connectivity index (χ0) is 17.7. The third-order valence-corrected chi connectivity index (χ3v) is 4.21. The Labute approximate surface area is 140 Å². The van der Waals surface area contributed by atoms with Crippen molar-refractivity contribution in [2.75, 3.05) is 0 Å². The molecule has 2 aromatic rings. The van der Waals surface area contributed by atoms with Gasteiger partial charge in [0, 0.05) is 0 Å². The molecule has 0 saturated carbocycles. The molecule has 2 N–H and O–H groups in total. The normalized spacial score (nSPS) is 11.3. The van der Waals surface area contributed by atoms with Gasteiger partial charge in [0.1, 0.15) is 0 Å². The molecule has 0 aliphatic heterocycles. The number of nitrogens with zero attached hydrogens (tertiary/aromatic N) is 3. The minimum atomic E-state index is -0.942. The summed E-state index contributed by atoms with van der Waals surface area (Å²) in [7, 11) is 0. The average Bonchev–Trinajstić information content (AvgIpc) is 3.04. The monoisotopic (exact) mass is 330 g/mol. The SMILES string of the molecule is CCC(CC)(CC(=O)O)NC(=O)c1cn(-c2cccc(C)c2)nn1. The third kappa shape index (κ3) is 3.98. The lowest BCUT2D eigenvalue weighted by atomic mass is 9.89. The summed E-state index contributed by atoms with van der Waals surface area (Å²) in [5, 5.41) is 19.8. The van der Waals surface area contributed by atoms with Crippen LogP contribution in [0.5, 0.6) is 0 Å². The standard InChI is InChI=1S/C17H22N4O3/c1-4-17(5-2,10-15(22)23)18-16(24)14-11-21(20-19-14)13-8-6-7-12(3)9-13/h6-9,11H,4-5,10H2,1-3H3,(H,18,24)(H,22,23). The number of aryl methyl sites for hydroxylation is 1. The third-order valence-electron chi connectivity index (χ3n) is 4.21. The first kappa shape index (κ1) is 17.7. The molecule has 1 aromatic carbocycles. The minimum absolute atomic E-state index is 0.127. The van der Waals surface area contributed by atoms with Crippen molar-refractivity contribution in [3.8, 4) is 5.69 Å². The zero-order valence-electron chi connectivity index (χ0n) is 14.1. The molecule has 1 aromatic heterocycles. The number of carboxylic acids is 1. The van der Waals surface area contributed by atoms with Gasteiger partial charge in [-0.15, -0.1) is 5.10 Å².